The first-order valence-corrected chi connectivity index (χ1v) is 5.34. The van der Waals surface area contributed by atoms with E-state index in [2.05, 4.69) is 10.6 Å². The lowest BCUT2D eigenvalue weighted by Gasteiger charge is -2.18. The summed E-state index contributed by atoms with van der Waals surface area (Å²) < 4.78 is 5.23. The third kappa shape index (κ3) is 4.10. The van der Waals surface area contributed by atoms with E-state index in [1.165, 1.54) is 0 Å². The molecule has 0 aliphatic heterocycles. The van der Waals surface area contributed by atoms with Crippen LogP contribution in [0.2, 0.25) is 0 Å². The third-order valence-electron chi connectivity index (χ3n) is 2.27. The maximum Gasteiger partial charge on any atom is 0.337 e. The van der Waals surface area contributed by atoms with Crippen molar-refractivity contribution in [3.63, 3.8) is 0 Å². The number of nitrogens with one attached hydrogen (secondary N) is 2. The Kier molecular flexibility index (Phi) is 4.33. The summed E-state index contributed by atoms with van der Waals surface area (Å²) in [5.41, 5.74) is -1.99. The molecule has 1 aromatic heterocycles. The van der Waals surface area contributed by atoms with Crippen LogP contribution < -0.4 is 10.6 Å². The number of aryl methyl sites for hydroxylation is 1. The maximum atomic E-state index is 11.3. The van der Waals surface area contributed by atoms with E-state index < -0.39 is 17.6 Å². The largest absolute Gasteiger partial charge is 0.479 e. The van der Waals surface area contributed by atoms with Crippen molar-refractivity contribution in [1.82, 2.24) is 10.6 Å². The summed E-state index contributed by atoms with van der Waals surface area (Å²) in [7, 11) is 0. The SMILES string of the molecule is Cc1ccc(CNC(=O)NCC(C)(O)C(=O)O)o1. The van der Waals surface area contributed by atoms with Crippen LogP contribution in [-0.2, 0) is 11.3 Å². The molecular formula is C11H16N2O5. The van der Waals surface area contributed by atoms with Crippen molar-refractivity contribution < 1.29 is 24.2 Å². The fourth-order valence-corrected chi connectivity index (χ4v) is 1.14. The zero-order valence-electron chi connectivity index (χ0n) is 10.2. The highest BCUT2D eigenvalue weighted by Gasteiger charge is 2.30. The van der Waals surface area contributed by atoms with Gasteiger partial charge in [-0.25, -0.2) is 9.59 Å². The smallest absolute Gasteiger partial charge is 0.337 e. The summed E-state index contributed by atoms with van der Waals surface area (Å²) >= 11 is 0. The highest BCUT2D eigenvalue weighted by atomic mass is 16.4. The second-order valence-electron chi connectivity index (χ2n) is 4.13. The Labute approximate surface area is 104 Å². The number of rotatable bonds is 5. The van der Waals surface area contributed by atoms with Gasteiger partial charge < -0.3 is 25.3 Å². The van der Waals surface area contributed by atoms with Gasteiger partial charge in [-0.1, -0.05) is 0 Å². The van der Waals surface area contributed by atoms with Gasteiger partial charge in [0, 0.05) is 0 Å². The van der Waals surface area contributed by atoms with Gasteiger partial charge >= 0.3 is 12.0 Å². The predicted molar refractivity (Wildman–Crippen MR) is 61.9 cm³/mol. The topological polar surface area (TPSA) is 112 Å². The summed E-state index contributed by atoms with van der Waals surface area (Å²) in [5, 5.41) is 22.7. The van der Waals surface area contributed by atoms with Gasteiger partial charge in [-0.15, -0.1) is 0 Å². The average molecular weight is 256 g/mol. The minimum Gasteiger partial charge on any atom is -0.479 e. The number of aliphatic carboxylic acids is 1. The molecule has 0 fully saturated rings. The van der Waals surface area contributed by atoms with E-state index in [0.29, 0.717) is 5.76 Å². The van der Waals surface area contributed by atoms with Crippen LogP contribution in [0.15, 0.2) is 16.5 Å². The number of carboxylic acid groups (broad SMARTS) is 1. The molecule has 18 heavy (non-hydrogen) atoms. The second-order valence-corrected chi connectivity index (χ2v) is 4.13. The number of amides is 2. The summed E-state index contributed by atoms with van der Waals surface area (Å²) in [6.07, 6.45) is 0. The molecule has 100 valence electrons. The molecule has 0 aliphatic carbocycles. The van der Waals surface area contributed by atoms with E-state index in [-0.39, 0.29) is 13.1 Å². The Morgan fingerprint density at radius 2 is 2.06 bits per heavy atom. The molecule has 0 aliphatic rings. The van der Waals surface area contributed by atoms with Gasteiger partial charge in [0.1, 0.15) is 11.5 Å². The monoisotopic (exact) mass is 256 g/mol. The lowest BCUT2D eigenvalue weighted by molar-refractivity contribution is -0.155. The molecule has 0 radical (unpaired) electrons. The molecule has 0 spiro atoms. The highest BCUT2D eigenvalue weighted by molar-refractivity contribution is 5.79. The van der Waals surface area contributed by atoms with Gasteiger partial charge in [-0.05, 0) is 26.0 Å². The Hall–Kier alpha value is -2.02. The molecule has 1 atom stereocenters. The standard InChI is InChI=1S/C11H16N2O5/c1-7-3-4-8(18-7)5-12-10(16)13-6-11(2,17)9(14)15/h3-4,17H,5-6H2,1-2H3,(H,14,15)(H2,12,13,16). The van der Waals surface area contributed by atoms with E-state index in [9.17, 15) is 14.7 Å². The Bertz CT molecular complexity index is 438. The highest BCUT2D eigenvalue weighted by Crippen LogP contribution is 2.05. The van der Waals surface area contributed by atoms with Gasteiger partial charge in [0.15, 0.2) is 5.60 Å². The lowest BCUT2D eigenvalue weighted by atomic mass is 10.1. The summed E-state index contributed by atoms with van der Waals surface area (Å²) in [5.74, 6) is -0.0712. The van der Waals surface area contributed by atoms with Crippen molar-refractivity contribution in [2.24, 2.45) is 0 Å². The van der Waals surface area contributed by atoms with E-state index in [4.69, 9.17) is 9.52 Å². The normalized spacial score (nSPS) is 13.7. The van der Waals surface area contributed by atoms with Crippen molar-refractivity contribution in [2.45, 2.75) is 26.0 Å². The number of carboxylic acids is 1. The number of aliphatic hydroxyl groups is 1. The first-order chi connectivity index (χ1) is 8.31. The van der Waals surface area contributed by atoms with Crippen LogP contribution >= 0.6 is 0 Å². The molecule has 0 aromatic carbocycles. The number of hydrogen-bond donors (Lipinski definition) is 4. The van der Waals surface area contributed by atoms with Gasteiger partial charge in [-0.2, -0.15) is 0 Å². The zero-order valence-corrected chi connectivity index (χ0v) is 10.2. The van der Waals surface area contributed by atoms with Crippen molar-refractivity contribution in [3.05, 3.63) is 23.7 Å². The molecule has 1 heterocycles. The van der Waals surface area contributed by atoms with E-state index in [0.717, 1.165) is 12.7 Å². The first-order valence-electron chi connectivity index (χ1n) is 5.34. The van der Waals surface area contributed by atoms with Crippen LogP contribution in [0.25, 0.3) is 0 Å². The van der Waals surface area contributed by atoms with Crippen molar-refractivity contribution in [3.8, 4) is 0 Å². The van der Waals surface area contributed by atoms with Crippen LogP contribution in [0.3, 0.4) is 0 Å². The van der Waals surface area contributed by atoms with Crippen LogP contribution in [0.1, 0.15) is 18.4 Å². The molecular weight excluding hydrogens is 240 g/mol. The Morgan fingerprint density at radius 1 is 1.39 bits per heavy atom. The minimum absolute atomic E-state index is 0.189. The van der Waals surface area contributed by atoms with Gasteiger partial charge in [-0.3, -0.25) is 0 Å². The van der Waals surface area contributed by atoms with Gasteiger partial charge in [0.05, 0.1) is 13.1 Å². The van der Waals surface area contributed by atoms with Gasteiger partial charge in [0.2, 0.25) is 0 Å². The van der Waals surface area contributed by atoms with Crippen molar-refractivity contribution >= 4 is 12.0 Å². The molecule has 1 rings (SSSR count). The summed E-state index contributed by atoms with van der Waals surface area (Å²) in [6.45, 7) is 2.69. The van der Waals surface area contributed by atoms with Gasteiger partial charge in [0.25, 0.3) is 0 Å². The van der Waals surface area contributed by atoms with Crippen LogP contribution in [0.4, 0.5) is 4.79 Å². The minimum atomic E-state index is -1.99. The second kappa shape index (κ2) is 5.54. The Balaban J connectivity index is 2.32. The molecule has 0 saturated heterocycles. The average Bonchev–Trinajstić information content (AvgIpc) is 2.69. The van der Waals surface area contributed by atoms with Crippen LogP contribution in [-0.4, -0.2) is 34.4 Å². The van der Waals surface area contributed by atoms with E-state index in [1.54, 1.807) is 19.1 Å². The van der Waals surface area contributed by atoms with E-state index in [1.807, 2.05) is 0 Å². The quantitative estimate of drug-likeness (QED) is 0.602. The Morgan fingerprint density at radius 3 is 2.56 bits per heavy atom. The van der Waals surface area contributed by atoms with Crippen LogP contribution in [0.5, 0.6) is 0 Å². The molecule has 0 bridgehead atoms. The number of carbonyl (C=O) groups is 2. The molecule has 1 aromatic rings. The van der Waals surface area contributed by atoms with Crippen molar-refractivity contribution in [1.29, 1.82) is 0 Å². The summed E-state index contributed by atoms with van der Waals surface area (Å²) in [4.78, 5) is 21.9. The number of urea groups is 1. The van der Waals surface area contributed by atoms with Crippen LogP contribution in [0, 0.1) is 6.92 Å². The van der Waals surface area contributed by atoms with E-state index >= 15 is 0 Å². The zero-order chi connectivity index (χ0) is 13.8. The molecule has 7 nitrogen and oxygen atoms in total. The predicted octanol–water partition coefficient (Wildman–Crippen LogP) is 0.223. The maximum absolute atomic E-state index is 11.3. The number of carbonyl (C=O) groups excluding carboxylic acids is 1. The lowest BCUT2D eigenvalue weighted by Crippen LogP contribution is -2.48. The molecule has 0 saturated carbocycles. The first kappa shape index (κ1) is 14.0. The molecule has 2 amide bonds. The van der Waals surface area contributed by atoms with Crippen molar-refractivity contribution in [2.75, 3.05) is 6.54 Å². The fraction of sp³-hybridized carbons (Fsp3) is 0.455. The fourth-order valence-electron chi connectivity index (χ4n) is 1.14. The summed E-state index contributed by atoms with van der Waals surface area (Å²) in [6, 6.07) is 2.92. The number of furan rings is 1. The number of hydrogen-bond acceptors (Lipinski definition) is 4. The molecule has 7 heteroatoms. The third-order valence-corrected chi connectivity index (χ3v) is 2.27. The molecule has 4 N–H and O–H groups in total. The molecule has 1 unspecified atom stereocenters.